The molecule has 3 aliphatic rings. The van der Waals surface area contributed by atoms with Crippen LogP contribution >= 0.6 is 0 Å². The second-order valence-electron chi connectivity index (χ2n) is 11.7. The molecule has 208 valence electrons. The molecule has 0 saturated carbocycles. The first-order valence-electron chi connectivity index (χ1n) is 12.7. The molecular weight excluding hydrogens is 540 g/mol. The average Bonchev–Trinajstić information content (AvgIpc) is 3.45. The third-order valence-corrected chi connectivity index (χ3v) is 14.8. The van der Waals surface area contributed by atoms with E-state index in [2.05, 4.69) is 33.9 Å². The maximum absolute atomic E-state index is 13.9. The predicted octanol–water partition coefficient (Wildman–Crippen LogP) is 4.55. The van der Waals surface area contributed by atoms with Gasteiger partial charge in [-0.1, -0.05) is 39.0 Å². The number of ether oxygens (including phenoxy) is 2. The van der Waals surface area contributed by atoms with Gasteiger partial charge in [-0.2, -0.15) is 4.31 Å². The summed E-state index contributed by atoms with van der Waals surface area (Å²) in [5, 5.41) is 11.0. The minimum Gasteiger partial charge on any atom is -0.454 e. The summed E-state index contributed by atoms with van der Waals surface area (Å²) in [5.74, 6) is 0.795. The molecule has 2 heterocycles. The molecule has 0 aromatic heterocycles. The van der Waals surface area contributed by atoms with E-state index in [1.807, 2.05) is 6.08 Å². The van der Waals surface area contributed by atoms with Gasteiger partial charge in [0, 0.05) is 18.2 Å². The zero-order valence-electron chi connectivity index (χ0n) is 22.5. The molecule has 2 aliphatic heterocycles. The van der Waals surface area contributed by atoms with Gasteiger partial charge in [-0.3, -0.25) is 14.9 Å². The molecule has 5 rings (SSSR count). The number of carbonyl (C=O) groups excluding carboxylic acids is 1. The predicted molar refractivity (Wildman–Crippen MR) is 146 cm³/mol. The third-order valence-electron chi connectivity index (χ3n) is 8.42. The van der Waals surface area contributed by atoms with Crippen LogP contribution in [-0.2, 0) is 24.7 Å². The van der Waals surface area contributed by atoms with Gasteiger partial charge in [0.1, 0.15) is 0 Å². The van der Waals surface area contributed by atoms with Crippen LogP contribution in [0.3, 0.4) is 0 Å². The molecule has 2 aromatic rings. The van der Waals surface area contributed by atoms with Gasteiger partial charge in [-0.05, 0) is 54.4 Å². The number of nitrogens with zero attached hydrogens (tertiary/aromatic N) is 2. The van der Waals surface area contributed by atoms with Crippen LogP contribution in [0.4, 0.5) is 5.69 Å². The quantitative estimate of drug-likeness (QED) is 0.214. The summed E-state index contributed by atoms with van der Waals surface area (Å²) < 4.78 is 46.8. The zero-order valence-corrected chi connectivity index (χ0v) is 24.4. The van der Waals surface area contributed by atoms with E-state index in [1.165, 1.54) is 16.4 Å². The Morgan fingerprint density at radius 1 is 1.10 bits per heavy atom. The monoisotopic (exact) mass is 572 g/mol. The fourth-order valence-electron chi connectivity index (χ4n) is 5.23. The van der Waals surface area contributed by atoms with Gasteiger partial charge in [0.15, 0.2) is 25.6 Å². The second kappa shape index (κ2) is 9.25. The summed E-state index contributed by atoms with van der Waals surface area (Å²) in [6.45, 7) is 10.4. The van der Waals surface area contributed by atoms with E-state index in [0.717, 1.165) is 12.1 Å². The number of nitro groups is 1. The third kappa shape index (κ3) is 4.48. The lowest BCUT2D eigenvalue weighted by Gasteiger charge is -2.44. The van der Waals surface area contributed by atoms with Crippen LogP contribution in [-0.4, -0.2) is 57.2 Å². The highest BCUT2D eigenvalue weighted by Gasteiger charge is 2.59. The molecular formula is C27H32N2O8SSi. The van der Waals surface area contributed by atoms with Gasteiger partial charge in [0.05, 0.1) is 27.9 Å². The molecule has 12 heteroatoms. The standard InChI is InChI=1S/C27H32N2O8SSi/c1-26(2,3)39(4,5)37-20-12-13-27(18-6-11-22-23(14-18)36-17-35-22)24(15-20)28(16-25(27)30)38(33,34)21-9-7-19(8-10-21)29(31)32/h6-14,20,24H,15-17H2,1-5H3/t20-,24-,27-/m0/s1. The Kier molecular flexibility index (Phi) is 6.53. The van der Waals surface area contributed by atoms with Gasteiger partial charge in [0.2, 0.25) is 16.8 Å². The first kappa shape index (κ1) is 27.5. The Hall–Kier alpha value is -3.06. The number of carbonyl (C=O) groups is 1. The van der Waals surface area contributed by atoms with E-state index in [1.54, 1.807) is 24.3 Å². The number of nitro benzene ring substituents is 1. The molecule has 0 amide bonds. The fourth-order valence-corrected chi connectivity index (χ4v) is 8.15. The van der Waals surface area contributed by atoms with Crippen molar-refractivity contribution in [3.63, 3.8) is 0 Å². The van der Waals surface area contributed by atoms with Gasteiger partial charge < -0.3 is 13.9 Å². The van der Waals surface area contributed by atoms with Crippen molar-refractivity contribution in [2.45, 2.75) is 67.8 Å². The van der Waals surface area contributed by atoms with E-state index in [4.69, 9.17) is 13.9 Å². The lowest BCUT2D eigenvalue weighted by atomic mass is 9.69. The molecule has 0 spiro atoms. The van der Waals surface area contributed by atoms with Crippen LogP contribution in [0.5, 0.6) is 11.5 Å². The molecule has 39 heavy (non-hydrogen) atoms. The van der Waals surface area contributed by atoms with Crippen molar-refractivity contribution in [2.75, 3.05) is 13.3 Å². The summed E-state index contributed by atoms with van der Waals surface area (Å²) in [7, 11) is -6.41. The largest absolute Gasteiger partial charge is 0.454 e. The topological polar surface area (TPSA) is 125 Å². The van der Waals surface area contributed by atoms with Gasteiger partial charge >= 0.3 is 0 Å². The summed E-state index contributed by atoms with van der Waals surface area (Å²) >= 11 is 0. The lowest BCUT2D eigenvalue weighted by Crippen LogP contribution is -2.52. The Bertz CT molecular complexity index is 1470. The van der Waals surface area contributed by atoms with Gasteiger partial charge in [-0.25, -0.2) is 8.42 Å². The fraction of sp³-hybridized carbons (Fsp3) is 0.444. The number of fused-ring (bicyclic) bond motifs is 2. The number of hydrogen-bond acceptors (Lipinski definition) is 8. The molecule has 1 aliphatic carbocycles. The Labute approximate surface area is 228 Å². The second-order valence-corrected chi connectivity index (χ2v) is 18.3. The molecule has 0 unspecified atom stereocenters. The van der Waals surface area contributed by atoms with E-state index in [-0.39, 0.29) is 41.2 Å². The van der Waals surface area contributed by atoms with E-state index in [9.17, 15) is 23.3 Å². The molecule has 0 N–H and O–H groups in total. The van der Waals surface area contributed by atoms with Crippen molar-refractivity contribution in [3.05, 3.63) is 70.3 Å². The Balaban J connectivity index is 1.59. The molecule has 10 nitrogen and oxygen atoms in total. The van der Waals surface area contributed by atoms with Crippen molar-refractivity contribution in [2.24, 2.45) is 0 Å². The molecule has 2 aromatic carbocycles. The molecule has 3 atom stereocenters. The highest BCUT2D eigenvalue weighted by molar-refractivity contribution is 7.89. The summed E-state index contributed by atoms with van der Waals surface area (Å²) in [5.41, 5.74) is -0.850. The van der Waals surface area contributed by atoms with Gasteiger partial charge in [-0.15, -0.1) is 0 Å². The van der Waals surface area contributed by atoms with Crippen LogP contribution in [0.15, 0.2) is 59.5 Å². The first-order chi connectivity index (χ1) is 18.2. The summed E-state index contributed by atoms with van der Waals surface area (Å²) in [6.07, 6.45) is 3.57. The van der Waals surface area contributed by atoms with Crippen molar-refractivity contribution in [1.82, 2.24) is 4.31 Å². The number of hydrogen-bond donors (Lipinski definition) is 0. The number of ketones is 1. The number of rotatable bonds is 6. The summed E-state index contributed by atoms with van der Waals surface area (Å²) in [4.78, 5) is 24.3. The average molecular weight is 573 g/mol. The number of sulfonamides is 1. The van der Waals surface area contributed by atoms with Crippen molar-refractivity contribution < 1.29 is 32.0 Å². The van der Waals surface area contributed by atoms with E-state index >= 15 is 0 Å². The maximum Gasteiger partial charge on any atom is 0.269 e. The number of benzene rings is 2. The first-order valence-corrected chi connectivity index (χ1v) is 17.1. The minimum atomic E-state index is -4.18. The molecule has 1 fully saturated rings. The Morgan fingerprint density at radius 3 is 2.41 bits per heavy atom. The SMILES string of the molecule is CC(C)(C)[Si](C)(C)O[C@H]1C=C[C@@]2(c3ccc4c(c3)OCO4)C(=O)CN(S(=O)(=O)c3ccc([N+](=O)[O-])cc3)[C@H]2C1. The number of Topliss-reactive ketones (excluding diaryl/α,β-unsaturated/α-hetero) is 1. The molecule has 0 radical (unpaired) electrons. The minimum absolute atomic E-state index is 0.0668. The zero-order chi connectivity index (χ0) is 28.4. The van der Waals surface area contributed by atoms with Crippen LogP contribution in [0.25, 0.3) is 0 Å². The van der Waals surface area contributed by atoms with Crippen LogP contribution < -0.4 is 9.47 Å². The summed E-state index contributed by atoms with van der Waals surface area (Å²) in [6, 6.07) is 9.21. The van der Waals surface area contributed by atoms with Crippen LogP contribution in [0.2, 0.25) is 18.1 Å². The molecule has 1 saturated heterocycles. The van der Waals surface area contributed by atoms with Crippen molar-refractivity contribution in [3.8, 4) is 11.5 Å². The van der Waals surface area contributed by atoms with Crippen LogP contribution in [0, 0.1) is 10.1 Å². The highest BCUT2D eigenvalue weighted by atomic mass is 32.2. The van der Waals surface area contributed by atoms with E-state index < -0.39 is 40.8 Å². The van der Waals surface area contributed by atoms with Crippen molar-refractivity contribution in [1.29, 1.82) is 0 Å². The van der Waals surface area contributed by atoms with Crippen LogP contribution in [0.1, 0.15) is 32.8 Å². The highest BCUT2D eigenvalue weighted by Crippen LogP contribution is 2.49. The van der Waals surface area contributed by atoms with E-state index in [0.29, 0.717) is 17.1 Å². The maximum atomic E-state index is 13.9. The Morgan fingerprint density at radius 2 is 1.77 bits per heavy atom. The normalized spacial score (nSPS) is 25.1. The van der Waals surface area contributed by atoms with Gasteiger partial charge in [0.25, 0.3) is 5.69 Å². The van der Waals surface area contributed by atoms with Crippen molar-refractivity contribution >= 4 is 29.8 Å². The smallest absolute Gasteiger partial charge is 0.269 e. The lowest BCUT2D eigenvalue weighted by molar-refractivity contribution is -0.384. The number of non-ortho nitro benzene ring substituents is 1. The molecule has 0 bridgehead atoms.